The topological polar surface area (TPSA) is 72.8 Å². The SMILES string of the molecule is CCCCCCC/C=C\C/C=C\CCCCCCCCCCCCCCCCCCCCCCCCCCCC(=O)OC(CO)COC(=O)CCCCCCCCCCCCCCCCCCCCCCC. The van der Waals surface area contributed by atoms with Crippen LogP contribution in [0.3, 0.4) is 0 Å². The van der Waals surface area contributed by atoms with E-state index in [-0.39, 0.29) is 25.2 Å². The third kappa shape index (κ3) is 60.9. The summed E-state index contributed by atoms with van der Waals surface area (Å²) in [5.41, 5.74) is 0. The lowest BCUT2D eigenvalue weighted by atomic mass is 10.0. The van der Waals surface area contributed by atoms with Crippen LogP contribution in [0, 0.1) is 0 Å². The second-order valence-corrected chi connectivity index (χ2v) is 22.6. The van der Waals surface area contributed by atoms with E-state index in [4.69, 9.17) is 9.47 Å². The van der Waals surface area contributed by atoms with Crippen molar-refractivity contribution in [2.45, 2.75) is 380 Å². The second-order valence-electron chi connectivity index (χ2n) is 22.6. The van der Waals surface area contributed by atoms with Crippen LogP contribution in [0.25, 0.3) is 0 Å². The third-order valence-corrected chi connectivity index (χ3v) is 15.2. The molecule has 5 nitrogen and oxygen atoms in total. The van der Waals surface area contributed by atoms with Gasteiger partial charge >= 0.3 is 11.9 Å². The van der Waals surface area contributed by atoms with Crippen LogP contribution < -0.4 is 0 Å². The van der Waals surface area contributed by atoms with Crippen LogP contribution in [0.5, 0.6) is 0 Å². The molecule has 0 aromatic heterocycles. The first kappa shape index (κ1) is 70.4. The van der Waals surface area contributed by atoms with Crippen molar-refractivity contribution < 1.29 is 24.2 Å². The summed E-state index contributed by atoms with van der Waals surface area (Å²) < 4.78 is 10.7. The minimum absolute atomic E-state index is 0.0572. The minimum Gasteiger partial charge on any atom is -0.462 e. The lowest BCUT2D eigenvalue weighted by Gasteiger charge is -2.15. The second kappa shape index (κ2) is 63.7. The summed E-state index contributed by atoms with van der Waals surface area (Å²) in [5, 5.41) is 9.68. The molecule has 5 heteroatoms. The lowest BCUT2D eigenvalue weighted by molar-refractivity contribution is -0.161. The fraction of sp³-hybridized carbons (Fsp3) is 0.910. The molecule has 0 saturated carbocycles. The summed E-state index contributed by atoms with van der Waals surface area (Å²) >= 11 is 0. The highest BCUT2D eigenvalue weighted by atomic mass is 16.6. The van der Waals surface area contributed by atoms with Crippen LogP contribution >= 0.6 is 0 Å². The normalized spacial score (nSPS) is 12.2. The molecule has 0 rings (SSSR count). The largest absolute Gasteiger partial charge is 0.462 e. The Morgan fingerprint density at radius 3 is 0.819 bits per heavy atom. The molecule has 0 spiro atoms. The van der Waals surface area contributed by atoms with Gasteiger partial charge in [0.2, 0.25) is 0 Å². The van der Waals surface area contributed by atoms with Crippen molar-refractivity contribution in [3.05, 3.63) is 24.3 Å². The van der Waals surface area contributed by atoms with Crippen molar-refractivity contribution >= 4 is 11.9 Å². The molecule has 426 valence electrons. The number of rotatable bonds is 62. The maximum absolute atomic E-state index is 12.3. The number of carbonyl (C=O) groups is 2. The van der Waals surface area contributed by atoms with Gasteiger partial charge in [-0.05, 0) is 44.9 Å². The van der Waals surface area contributed by atoms with Gasteiger partial charge in [0, 0.05) is 12.8 Å². The van der Waals surface area contributed by atoms with E-state index in [1.807, 2.05) is 0 Å². The monoisotopic (exact) mass is 1010 g/mol. The Balaban J connectivity index is 3.37. The quantitative estimate of drug-likeness (QED) is 0.0373. The Morgan fingerprint density at radius 2 is 0.556 bits per heavy atom. The van der Waals surface area contributed by atoms with Crippen molar-refractivity contribution in [3.8, 4) is 0 Å². The summed E-state index contributed by atoms with van der Waals surface area (Å²) in [6.07, 6.45) is 82.0. The van der Waals surface area contributed by atoms with Gasteiger partial charge in [-0.15, -0.1) is 0 Å². The van der Waals surface area contributed by atoms with Gasteiger partial charge in [0.25, 0.3) is 0 Å². The van der Waals surface area contributed by atoms with Gasteiger partial charge in [0.1, 0.15) is 6.61 Å². The van der Waals surface area contributed by atoms with E-state index in [1.54, 1.807) is 0 Å². The molecule has 1 N–H and O–H groups in total. The van der Waals surface area contributed by atoms with Gasteiger partial charge in [-0.3, -0.25) is 9.59 Å². The molecule has 0 aromatic rings. The van der Waals surface area contributed by atoms with Crippen molar-refractivity contribution in [1.29, 1.82) is 0 Å². The number of ether oxygens (including phenoxy) is 2. The summed E-state index contributed by atoms with van der Waals surface area (Å²) in [6, 6.07) is 0. The lowest BCUT2D eigenvalue weighted by Crippen LogP contribution is -2.28. The zero-order chi connectivity index (χ0) is 52.0. The van der Waals surface area contributed by atoms with E-state index in [0.29, 0.717) is 12.8 Å². The Hall–Kier alpha value is -1.62. The number of hydrogen-bond acceptors (Lipinski definition) is 5. The molecule has 0 aliphatic heterocycles. The molecule has 0 aliphatic carbocycles. The first-order chi connectivity index (χ1) is 35.6. The Kier molecular flexibility index (Phi) is 62.2. The number of carbonyl (C=O) groups excluding carboxylic acids is 2. The van der Waals surface area contributed by atoms with Crippen LogP contribution in [-0.2, 0) is 19.1 Å². The molecule has 0 heterocycles. The molecular formula is C67H128O5. The molecule has 0 aliphatic rings. The predicted molar refractivity (Wildman–Crippen MR) is 316 cm³/mol. The van der Waals surface area contributed by atoms with Crippen molar-refractivity contribution in [2.75, 3.05) is 13.2 Å². The van der Waals surface area contributed by atoms with Crippen LogP contribution in [0.15, 0.2) is 24.3 Å². The van der Waals surface area contributed by atoms with Crippen LogP contribution in [0.1, 0.15) is 373 Å². The average Bonchev–Trinajstić information content (AvgIpc) is 3.38. The number of unbranched alkanes of at least 4 members (excludes halogenated alkanes) is 50. The Bertz CT molecular complexity index is 1100. The molecule has 0 saturated heterocycles. The van der Waals surface area contributed by atoms with Crippen molar-refractivity contribution in [1.82, 2.24) is 0 Å². The third-order valence-electron chi connectivity index (χ3n) is 15.2. The molecule has 0 aromatic carbocycles. The van der Waals surface area contributed by atoms with Crippen LogP contribution in [0.4, 0.5) is 0 Å². The van der Waals surface area contributed by atoms with Gasteiger partial charge in [-0.2, -0.15) is 0 Å². The van der Waals surface area contributed by atoms with E-state index in [1.165, 1.54) is 308 Å². The fourth-order valence-corrected chi connectivity index (χ4v) is 10.3. The Labute approximate surface area is 451 Å². The first-order valence-electron chi connectivity index (χ1n) is 32.9. The standard InChI is InChI=1S/C67H128O5/c1-3-5-7-9-11-13-15-17-19-21-23-25-26-27-28-29-30-31-32-33-34-35-36-37-38-39-40-42-44-46-48-50-52-54-56-58-60-62-67(70)72-65(63-68)64-71-66(69)61-59-57-55-53-51-49-47-45-43-41-24-22-20-18-16-14-12-10-8-6-4-2/h15,17,21,23,65,68H,3-14,16,18-20,22,24-64H2,1-2H3/b17-15-,23-21-. The van der Waals surface area contributed by atoms with Crippen LogP contribution in [0.2, 0.25) is 0 Å². The maximum Gasteiger partial charge on any atom is 0.306 e. The molecule has 72 heavy (non-hydrogen) atoms. The van der Waals surface area contributed by atoms with Crippen molar-refractivity contribution in [2.24, 2.45) is 0 Å². The highest BCUT2D eigenvalue weighted by Gasteiger charge is 2.16. The van der Waals surface area contributed by atoms with Gasteiger partial charge in [-0.1, -0.05) is 340 Å². The van der Waals surface area contributed by atoms with Crippen molar-refractivity contribution in [3.63, 3.8) is 0 Å². The van der Waals surface area contributed by atoms with Gasteiger partial charge in [0.05, 0.1) is 6.61 Å². The number of aliphatic hydroxyl groups is 1. The van der Waals surface area contributed by atoms with E-state index in [9.17, 15) is 14.7 Å². The molecule has 0 radical (unpaired) electrons. The molecule has 0 fully saturated rings. The predicted octanol–water partition coefficient (Wildman–Crippen LogP) is 22.4. The summed E-state index contributed by atoms with van der Waals surface area (Å²) in [5.74, 6) is -0.564. The molecule has 1 atom stereocenters. The van der Waals surface area contributed by atoms with Gasteiger partial charge in [-0.25, -0.2) is 0 Å². The Morgan fingerprint density at radius 1 is 0.319 bits per heavy atom. The number of hydrogen-bond donors (Lipinski definition) is 1. The number of esters is 2. The summed E-state index contributed by atoms with van der Waals surface area (Å²) in [6.45, 7) is 4.19. The van der Waals surface area contributed by atoms with E-state index < -0.39 is 6.10 Å². The molecular weight excluding hydrogens is 885 g/mol. The fourth-order valence-electron chi connectivity index (χ4n) is 10.3. The first-order valence-corrected chi connectivity index (χ1v) is 32.9. The average molecular weight is 1010 g/mol. The number of allylic oxidation sites excluding steroid dienone is 4. The zero-order valence-corrected chi connectivity index (χ0v) is 49.0. The highest BCUT2D eigenvalue weighted by molar-refractivity contribution is 5.70. The van der Waals surface area contributed by atoms with Crippen LogP contribution in [-0.4, -0.2) is 36.4 Å². The molecule has 1 unspecified atom stereocenters. The maximum atomic E-state index is 12.3. The number of aliphatic hydroxyl groups excluding tert-OH is 1. The highest BCUT2D eigenvalue weighted by Crippen LogP contribution is 2.19. The summed E-state index contributed by atoms with van der Waals surface area (Å²) in [7, 11) is 0. The molecule has 0 bridgehead atoms. The molecule has 0 amide bonds. The smallest absolute Gasteiger partial charge is 0.306 e. The van der Waals surface area contributed by atoms with Gasteiger partial charge in [0.15, 0.2) is 6.10 Å². The van der Waals surface area contributed by atoms with E-state index in [0.717, 1.165) is 38.5 Å². The van der Waals surface area contributed by atoms with Gasteiger partial charge < -0.3 is 14.6 Å². The van der Waals surface area contributed by atoms with E-state index in [2.05, 4.69) is 38.2 Å². The summed E-state index contributed by atoms with van der Waals surface area (Å²) in [4.78, 5) is 24.6. The van der Waals surface area contributed by atoms with E-state index >= 15 is 0 Å². The zero-order valence-electron chi connectivity index (χ0n) is 49.0. The minimum atomic E-state index is -0.767.